The maximum atomic E-state index is 8.47. The third-order valence-corrected chi connectivity index (χ3v) is 2.03. The largest absolute Gasteiger partial charge is 0.396 e. The van der Waals surface area contributed by atoms with Gasteiger partial charge in [-0.15, -0.1) is 0 Å². The number of rotatable bonds is 9. The van der Waals surface area contributed by atoms with Gasteiger partial charge in [-0.3, -0.25) is 4.99 Å². The predicted molar refractivity (Wildman–Crippen MR) is 58.4 cm³/mol. The predicted octanol–water partition coefficient (Wildman–Crippen LogP) is 2.80. The van der Waals surface area contributed by atoms with Crippen molar-refractivity contribution >= 4 is 6.21 Å². The lowest BCUT2D eigenvalue weighted by molar-refractivity contribution is 0.308. The van der Waals surface area contributed by atoms with E-state index in [0.717, 1.165) is 6.54 Å². The lowest BCUT2D eigenvalue weighted by Gasteiger charge is -1.97. The molecule has 0 spiro atoms. The minimum Gasteiger partial charge on any atom is -0.396 e. The Kier molecular flexibility index (Phi) is 11.3. The minimum absolute atomic E-state index is 0.222. The fourth-order valence-electron chi connectivity index (χ4n) is 1.22. The molecule has 0 rings (SSSR count). The summed E-state index contributed by atoms with van der Waals surface area (Å²) in [7, 11) is 0. The highest BCUT2D eigenvalue weighted by molar-refractivity contribution is 5.57. The van der Waals surface area contributed by atoms with Gasteiger partial charge in [-0.05, 0) is 6.42 Å². The van der Waals surface area contributed by atoms with Crippen molar-refractivity contribution in [3.63, 3.8) is 0 Å². The second-order valence-corrected chi connectivity index (χ2v) is 3.37. The van der Waals surface area contributed by atoms with Gasteiger partial charge in [-0.25, -0.2) is 0 Å². The molecule has 0 atom stereocenters. The molecular weight excluding hydrogens is 162 g/mol. The van der Waals surface area contributed by atoms with E-state index in [2.05, 4.69) is 11.9 Å². The maximum absolute atomic E-state index is 8.47. The van der Waals surface area contributed by atoms with Crippen LogP contribution in [0.1, 0.15) is 51.9 Å². The fourth-order valence-corrected chi connectivity index (χ4v) is 1.22. The molecule has 0 radical (unpaired) electrons. The Labute approximate surface area is 82.1 Å². The number of aliphatic hydroxyl groups is 1. The van der Waals surface area contributed by atoms with Crippen molar-refractivity contribution in [2.75, 3.05) is 13.2 Å². The molecule has 2 heteroatoms. The van der Waals surface area contributed by atoms with Crippen molar-refractivity contribution in [3.05, 3.63) is 0 Å². The monoisotopic (exact) mass is 185 g/mol. The van der Waals surface area contributed by atoms with Gasteiger partial charge >= 0.3 is 0 Å². The van der Waals surface area contributed by atoms with Crippen LogP contribution in [0.3, 0.4) is 0 Å². The van der Waals surface area contributed by atoms with Gasteiger partial charge in [0.2, 0.25) is 0 Å². The Morgan fingerprint density at radius 2 is 1.77 bits per heavy atom. The second kappa shape index (κ2) is 11.6. The zero-order chi connectivity index (χ0) is 9.78. The number of hydrogen-bond donors (Lipinski definition) is 1. The van der Waals surface area contributed by atoms with E-state index in [9.17, 15) is 0 Å². The molecule has 0 aromatic heterocycles. The van der Waals surface area contributed by atoms with Crippen LogP contribution in [0.15, 0.2) is 4.99 Å². The molecule has 78 valence electrons. The Morgan fingerprint density at radius 3 is 2.46 bits per heavy atom. The van der Waals surface area contributed by atoms with Gasteiger partial charge in [0.05, 0.1) is 0 Å². The molecule has 0 unspecified atom stereocenters. The first-order valence-electron chi connectivity index (χ1n) is 5.51. The third-order valence-electron chi connectivity index (χ3n) is 2.03. The SMILES string of the molecule is CCCCCCCCN=CCCO. The number of hydrogen-bond acceptors (Lipinski definition) is 2. The molecule has 0 heterocycles. The van der Waals surface area contributed by atoms with Gasteiger partial charge in [0.25, 0.3) is 0 Å². The Balaban J connectivity index is 2.91. The van der Waals surface area contributed by atoms with Crippen LogP contribution in [-0.2, 0) is 0 Å². The van der Waals surface area contributed by atoms with E-state index in [1.165, 1.54) is 38.5 Å². The molecule has 0 bridgehead atoms. The average molecular weight is 185 g/mol. The van der Waals surface area contributed by atoms with Crippen LogP contribution in [0.2, 0.25) is 0 Å². The standard InChI is InChI=1S/C11H23NO/c1-2-3-4-5-6-7-9-12-10-8-11-13/h10,13H,2-9,11H2,1H3. The molecule has 0 aliphatic carbocycles. The summed E-state index contributed by atoms with van der Waals surface area (Å²) in [4.78, 5) is 4.19. The topological polar surface area (TPSA) is 32.6 Å². The Bertz CT molecular complexity index is 113. The highest BCUT2D eigenvalue weighted by Gasteiger charge is 1.87. The van der Waals surface area contributed by atoms with E-state index < -0.39 is 0 Å². The van der Waals surface area contributed by atoms with Crippen LogP contribution in [0, 0.1) is 0 Å². The van der Waals surface area contributed by atoms with E-state index >= 15 is 0 Å². The molecule has 0 saturated heterocycles. The minimum atomic E-state index is 0.222. The average Bonchev–Trinajstić information content (AvgIpc) is 2.16. The zero-order valence-electron chi connectivity index (χ0n) is 8.84. The van der Waals surface area contributed by atoms with Crippen LogP contribution in [0.5, 0.6) is 0 Å². The van der Waals surface area contributed by atoms with Crippen LogP contribution >= 0.6 is 0 Å². The molecule has 0 fully saturated rings. The number of unbranched alkanes of at least 4 members (excludes halogenated alkanes) is 5. The highest BCUT2D eigenvalue weighted by Crippen LogP contribution is 2.04. The molecule has 2 nitrogen and oxygen atoms in total. The number of nitrogens with zero attached hydrogens (tertiary/aromatic N) is 1. The first-order valence-corrected chi connectivity index (χ1v) is 5.51. The van der Waals surface area contributed by atoms with Crippen LogP contribution in [-0.4, -0.2) is 24.5 Å². The molecule has 0 aliphatic rings. The van der Waals surface area contributed by atoms with Crippen LogP contribution in [0.25, 0.3) is 0 Å². The van der Waals surface area contributed by atoms with Gasteiger partial charge in [0, 0.05) is 25.8 Å². The number of aliphatic imine (C=N–C) groups is 1. The van der Waals surface area contributed by atoms with E-state index in [0.29, 0.717) is 6.42 Å². The zero-order valence-corrected chi connectivity index (χ0v) is 8.84. The molecule has 0 aliphatic heterocycles. The summed E-state index contributed by atoms with van der Waals surface area (Å²) in [5.41, 5.74) is 0. The lowest BCUT2D eigenvalue weighted by atomic mass is 10.1. The van der Waals surface area contributed by atoms with Crippen LogP contribution < -0.4 is 0 Å². The molecule has 0 saturated carbocycles. The fraction of sp³-hybridized carbons (Fsp3) is 0.909. The Hall–Kier alpha value is -0.370. The summed E-state index contributed by atoms with van der Waals surface area (Å²) in [6.07, 6.45) is 10.4. The first kappa shape index (κ1) is 12.6. The third kappa shape index (κ3) is 11.6. The molecule has 0 aromatic carbocycles. The van der Waals surface area contributed by atoms with Crippen LogP contribution in [0.4, 0.5) is 0 Å². The van der Waals surface area contributed by atoms with Gasteiger partial charge in [0.1, 0.15) is 0 Å². The van der Waals surface area contributed by atoms with Gasteiger partial charge in [-0.2, -0.15) is 0 Å². The molecular formula is C11H23NO. The van der Waals surface area contributed by atoms with Crippen molar-refractivity contribution in [2.24, 2.45) is 4.99 Å². The Morgan fingerprint density at radius 1 is 1.08 bits per heavy atom. The van der Waals surface area contributed by atoms with E-state index in [1.54, 1.807) is 0 Å². The van der Waals surface area contributed by atoms with Crippen molar-refractivity contribution in [3.8, 4) is 0 Å². The first-order chi connectivity index (χ1) is 6.41. The summed E-state index contributed by atoms with van der Waals surface area (Å²) in [6, 6.07) is 0. The summed E-state index contributed by atoms with van der Waals surface area (Å²) < 4.78 is 0. The summed E-state index contributed by atoms with van der Waals surface area (Å²) in [5, 5.41) is 8.47. The molecule has 0 aromatic rings. The van der Waals surface area contributed by atoms with Gasteiger partial charge in [0.15, 0.2) is 0 Å². The quantitative estimate of drug-likeness (QED) is 0.435. The van der Waals surface area contributed by atoms with E-state index in [-0.39, 0.29) is 6.61 Å². The van der Waals surface area contributed by atoms with Crippen molar-refractivity contribution < 1.29 is 5.11 Å². The summed E-state index contributed by atoms with van der Waals surface area (Å²) in [5.74, 6) is 0. The maximum Gasteiger partial charge on any atom is 0.0480 e. The molecule has 1 N–H and O–H groups in total. The van der Waals surface area contributed by atoms with E-state index in [4.69, 9.17) is 5.11 Å². The van der Waals surface area contributed by atoms with E-state index in [1.807, 2.05) is 6.21 Å². The summed E-state index contributed by atoms with van der Waals surface area (Å²) in [6.45, 7) is 3.39. The molecule has 13 heavy (non-hydrogen) atoms. The smallest absolute Gasteiger partial charge is 0.0480 e. The second-order valence-electron chi connectivity index (χ2n) is 3.37. The molecule has 0 amide bonds. The number of aliphatic hydroxyl groups excluding tert-OH is 1. The van der Waals surface area contributed by atoms with Crippen molar-refractivity contribution in [1.29, 1.82) is 0 Å². The van der Waals surface area contributed by atoms with Gasteiger partial charge in [-0.1, -0.05) is 39.0 Å². The van der Waals surface area contributed by atoms with Gasteiger partial charge < -0.3 is 5.11 Å². The summed E-state index contributed by atoms with van der Waals surface area (Å²) >= 11 is 0. The van der Waals surface area contributed by atoms with Crippen molar-refractivity contribution in [1.82, 2.24) is 0 Å². The van der Waals surface area contributed by atoms with Crippen molar-refractivity contribution in [2.45, 2.75) is 51.9 Å². The lowest BCUT2D eigenvalue weighted by Crippen LogP contribution is -1.86. The normalized spacial score (nSPS) is 11.2. The highest BCUT2D eigenvalue weighted by atomic mass is 16.2.